The smallest absolute Gasteiger partial charge is 0.336 e. The molecular formula is C16H16O3. The molecule has 19 heavy (non-hydrogen) atoms. The van der Waals surface area contributed by atoms with E-state index in [1.165, 1.54) is 6.08 Å². The van der Waals surface area contributed by atoms with Crippen molar-refractivity contribution in [3.8, 4) is 5.75 Å². The summed E-state index contributed by atoms with van der Waals surface area (Å²) < 4.78 is 10.5. The lowest BCUT2D eigenvalue weighted by molar-refractivity contribution is -0.129. The summed E-state index contributed by atoms with van der Waals surface area (Å²) in [5, 5.41) is 0. The standard InChI is InChI=1S/C16H16O3/c1-11-6-7-12(2)16(13(11)3)19-15(17)9-8-14-5-4-10-18-14/h4-10H,1-3H3. The number of aryl methyl sites for hydroxylation is 2. The third kappa shape index (κ3) is 3.13. The first-order chi connectivity index (χ1) is 9.08. The van der Waals surface area contributed by atoms with Crippen molar-refractivity contribution in [2.24, 2.45) is 0 Å². The van der Waals surface area contributed by atoms with Gasteiger partial charge in [0.25, 0.3) is 0 Å². The molecule has 2 rings (SSSR count). The molecule has 0 amide bonds. The van der Waals surface area contributed by atoms with Crippen LogP contribution in [0.25, 0.3) is 6.08 Å². The van der Waals surface area contributed by atoms with E-state index in [0.717, 1.165) is 16.7 Å². The zero-order valence-corrected chi connectivity index (χ0v) is 11.3. The minimum absolute atomic E-state index is 0.409. The van der Waals surface area contributed by atoms with Crippen LogP contribution in [-0.4, -0.2) is 5.97 Å². The topological polar surface area (TPSA) is 39.4 Å². The summed E-state index contributed by atoms with van der Waals surface area (Å²) in [4.78, 5) is 11.8. The second-order valence-electron chi connectivity index (χ2n) is 4.42. The average Bonchev–Trinajstić information content (AvgIpc) is 2.90. The van der Waals surface area contributed by atoms with Crippen molar-refractivity contribution in [3.63, 3.8) is 0 Å². The van der Waals surface area contributed by atoms with Gasteiger partial charge in [0.1, 0.15) is 11.5 Å². The summed E-state index contributed by atoms with van der Waals surface area (Å²) in [6, 6.07) is 7.49. The number of hydrogen-bond donors (Lipinski definition) is 0. The summed E-state index contributed by atoms with van der Waals surface area (Å²) in [5.74, 6) is 0.844. The fourth-order valence-corrected chi connectivity index (χ4v) is 1.75. The van der Waals surface area contributed by atoms with Crippen LogP contribution in [0.5, 0.6) is 5.75 Å². The quantitative estimate of drug-likeness (QED) is 0.476. The molecule has 0 aliphatic rings. The molecule has 98 valence electrons. The number of hydrogen-bond acceptors (Lipinski definition) is 3. The summed E-state index contributed by atoms with van der Waals surface area (Å²) in [6.45, 7) is 5.86. The first-order valence-corrected chi connectivity index (χ1v) is 6.08. The van der Waals surface area contributed by atoms with Crippen LogP contribution in [-0.2, 0) is 4.79 Å². The van der Waals surface area contributed by atoms with Crippen LogP contribution in [0.2, 0.25) is 0 Å². The monoisotopic (exact) mass is 256 g/mol. The van der Waals surface area contributed by atoms with E-state index >= 15 is 0 Å². The van der Waals surface area contributed by atoms with Crippen LogP contribution in [0.3, 0.4) is 0 Å². The Kier molecular flexibility index (Phi) is 3.85. The van der Waals surface area contributed by atoms with E-state index in [1.54, 1.807) is 24.5 Å². The highest BCUT2D eigenvalue weighted by atomic mass is 16.5. The van der Waals surface area contributed by atoms with E-state index < -0.39 is 5.97 Å². The highest BCUT2D eigenvalue weighted by Crippen LogP contribution is 2.25. The highest BCUT2D eigenvalue weighted by Gasteiger charge is 2.09. The van der Waals surface area contributed by atoms with E-state index in [0.29, 0.717) is 11.5 Å². The van der Waals surface area contributed by atoms with Crippen LogP contribution >= 0.6 is 0 Å². The van der Waals surface area contributed by atoms with Crippen molar-refractivity contribution in [3.05, 3.63) is 59.1 Å². The van der Waals surface area contributed by atoms with Gasteiger partial charge >= 0.3 is 5.97 Å². The van der Waals surface area contributed by atoms with Crippen LogP contribution in [0.15, 0.2) is 41.0 Å². The fourth-order valence-electron chi connectivity index (χ4n) is 1.75. The van der Waals surface area contributed by atoms with Crippen LogP contribution in [0.4, 0.5) is 0 Å². The number of rotatable bonds is 3. The summed E-state index contributed by atoms with van der Waals surface area (Å²) in [7, 11) is 0. The first-order valence-electron chi connectivity index (χ1n) is 6.08. The Morgan fingerprint density at radius 2 is 1.89 bits per heavy atom. The Bertz CT molecular complexity index is 607. The summed E-state index contributed by atoms with van der Waals surface area (Å²) in [5.41, 5.74) is 3.03. The number of furan rings is 1. The maximum atomic E-state index is 11.8. The Morgan fingerprint density at radius 3 is 2.58 bits per heavy atom. The van der Waals surface area contributed by atoms with Crippen molar-refractivity contribution >= 4 is 12.0 Å². The third-order valence-corrected chi connectivity index (χ3v) is 3.00. The van der Waals surface area contributed by atoms with E-state index in [9.17, 15) is 4.79 Å². The molecule has 0 atom stereocenters. The predicted octanol–water partition coefficient (Wildman–Crippen LogP) is 3.82. The van der Waals surface area contributed by atoms with E-state index in [1.807, 2.05) is 32.9 Å². The lowest BCUT2D eigenvalue weighted by Gasteiger charge is -2.11. The third-order valence-electron chi connectivity index (χ3n) is 3.00. The van der Waals surface area contributed by atoms with Gasteiger partial charge in [-0.25, -0.2) is 4.79 Å². The highest BCUT2D eigenvalue weighted by molar-refractivity contribution is 5.88. The zero-order chi connectivity index (χ0) is 13.8. The van der Waals surface area contributed by atoms with Crippen molar-refractivity contribution in [2.45, 2.75) is 20.8 Å². The van der Waals surface area contributed by atoms with Gasteiger partial charge in [-0.1, -0.05) is 12.1 Å². The zero-order valence-electron chi connectivity index (χ0n) is 11.3. The summed E-state index contributed by atoms with van der Waals surface area (Å²) >= 11 is 0. The number of carbonyl (C=O) groups excluding carboxylic acids is 1. The number of ether oxygens (including phenoxy) is 1. The molecule has 1 aromatic carbocycles. The molecule has 0 saturated heterocycles. The largest absolute Gasteiger partial charge is 0.465 e. The SMILES string of the molecule is Cc1ccc(C)c(OC(=O)C=Cc2ccco2)c1C. The molecular weight excluding hydrogens is 240 g/mol. The average molecular weight is 256 g/mol. The van der Waals surface area contributed by atoms with Gasteiger partial charge in [-0.2, -0.15) is 0 Å². The van der Waals surface area contributed by atoms with E-state index in [-0.39, 0.29) is 0 Å². The maximum Gasteiger partial charge on any atom is 0.336 e. The minimum atomic E-state index is -0.409. The molecule has 0 radical (unpaired) electrons. The lowest BCUT2D eigenvalue weighted by atomic mass is 10.1. The van der Waals surface area contributed by atoms with Crippen molar-refractivity contribution in [1.82, 2.24) is 0 Å². The Balaban J connectivity index is 2.13. The van der Waals surface area contributed by atoms with Crippen LogP contribution < -0.4 is 4.74 Å². The Morgan fingerprint density at radius 1 is 1.16 bits per heavy atom. The molecule has 0 fully saturated rings. The maximum absolute atomic E-state index is 11.8. The second-order valence-corrected chi connectivity index (χ2v) is 4.42. The molecule has 2 aromatic rings. The first kappa shape index (κ1) is 13.1. The predicted molar refractivity (Wildman–Crippen MR) is 74.0 cm³/mol. The van der Waals surface area contributed by atoms with Crippen LogP contribution in [0.1, 0.15) is 22.5 Å². The van der Waals surface area contributed by atoms with Crippen molar-refractivity contribution in [2.75, 3.05) is 0 Å². The number of benzene rings is 1. The van der Waals surface area contributed by atoms with Gasteiger partial charge in [-0.15, -0.1) is 0 Å². The van der Waals surface area contributed by atoms with Crippen molar-refractivity contribution in [1.29, 1.82) is 0 Å². The molecule has 3 nitrogen and oxygen atoms in total. The molecule has 1 heterocycles. The van der Waals surface area contributed by atoms with Crippen molar-refractivity contribution < 1.29 is 13.9 Å². The van der Waals surface area contributed by atoms with E-state index in [2.05, 4.69) is 0 Å². The van der Waals surface area contributed by atoms with E-state index in [4.69, 9.17) is 9.15 Å². The molecule has 3 heteroatoms. The Hall–Kier alpha value is -2.29. The molecule has 1 aromatic heterocycles. The molecule has 0 aliphatic carbocycles. The molecule has 0 unspecified atom stereocenters. The van der Waals surface area contributed by atoms with Crippen LogP contribution in [0, 0.1) is 20.8 Å². The number of carbonyl (C=O) groups is 1. The molecule has 0 spiro atoms. The van der Waals surface area contributed by atoms with Gasteiger partial charge in [-0.05, 0) is 55.7 Å². The van der Waals surface area contributed by atoms with Gasteiger partial charge in [0.05, 0.1) is 6.26 Å². The number of esters is 1. The molecule has 0 N–H and O–H groups in total. The van der Waals surface area contributed by atoms with Gasteiger partial charge in [0.2, 0.25) is 0 Å². The second kappa shape index (κ2) is 5.57. The van der Waals surface area contributed by atoms with Gasteiger partial charge in [-0.3, -0.25) is 0 Å². The van der Waals surface area contributed by atoms with Gasteiger partial charge in [0, 0.05) is 6.08 Å². The molecule has 0 aliphatic heterocycles. The molecule has 0 saturated carbocycles. The molecule has 0 bridgehead atoms. The Labute approximate surface area is 112 Å². The minimum Gasteiger partial charge on any atom is -0.465 e. The summed E-state index contributed by atoms with van der Waals surface area (Å²) in [6.07, 6.45) is 4.50. The van der Waals surface area contributed by atoms with Gasteiger partial charge < -0.3 is 9.15 Å². The fraction of sp³-hybridized carbons (Fsp3) is 0.188. The van der Waals surface area contributed by atoms with Gasteiger partial charge in [0.15, 0.2) is 0 Å². The lowest BCUT2D eigenvalue weighted by Crippen LogP contribution is -2.06. The normalized spacial score (nSPS) is 10.9.